The highest BCUT2D eigenvalue weighted by atomic mass is 35.5. The van der Waals surface area contributed by atoms with E-state index in [1.807, 2.05) is 12.1 Å². The monoisotopic (exact) mass is 293 g/mol. The van der Waals surface area contributed by atoms with Crippen LogP contribution in [0.1, 0.15) is 44.5 Å². The molecule has 0 aliphatic heterocycles. The van der Waals surface area contributed by atoms with Crippen LogP contribution in [0, 0.1) is 5.92 Å². The van der Waals surface area contributed by atoms with Crippen molar-refractivity contribution < 1.29 is 4.74 Å². The summed E-state index contributed by atoms with van der Waals surface area (Å²) in [6, 6.07) is 4.23. The van der Waals surface area contributed by atoms with Crippen LogP contribution in [0.5, 0.6) is 5.88 Å². The number of rotatable bonds is 6. The lowest BCUT2D eigenvalue weighted by Gasteiger charge is -2.19. The first-order valence-corrected chi connectivity index (χ1v) is 7.78. The molecule has 0 bridgehead atoms. The molecular weight excluding hydrogens is 274 g/mol. The van der Waals surface area contributed by atoms with E-state index in [0.717, 1.165) is 29.3 Å². The van der Waals surface area contributed by atoms with E-state index >= 15 is 0 Å². The van der Waals surface area contributed by atoms with Crippen LogP contribution in [0.15, 0.2) is 12.1 Å². The molecule has 0 spiro atoms. The van der Waals surface area contributed by atoms with E-state index in [1.54, 1.807) is 7.11 Å². The molecule has 1 aliphatic carbocycles. The van der Waals surface area contributed by atoms with E-state index in [-0.39, 0.29) is 0 Å². The van der Waals surface area contributed by atoms with Gasteiger partial charge in [0.1, 0.15) is 11.3 Å². The van der Waals surface area contributed by atoms with Gasteiger partial charge >= 0.3 is 0 Å². The Bertz CT molecular complexity index is 606. The third kappa shape index (κ3) is 2.49. The van der Waals surface area contributed by atoms with Gasteiger partial charge in [0, 0.05) is 12.1 Å². The summed E-state index contributed by atoms with van der Waals surface area (Å²) in [5.41, 5.74) is 1.79. The van der Waals surface area contributed by atoms with Crippen molar-refractivity contribution in [1.82, 2.24) is 14.5 Å². The summed E-state index contributed by atoms with van der Waals surface area (Å²) in [4.78, 5) is 9.19. The molecule has 0 saturated heterocycles. The fraction of sp³-hybridized carbons (Fsp3) is 0.600. The van der Waals surface area contributed by atoms with Gasteiger partial charge in [0.2, 0.25) is 5.88 Å². The molecule has 1 unspecified atom stereocenters. The Balaban J connectivity index is 2.08. The Morgan fingerprint density at radius 3 is 2.80 bits per heavy atom. The lowest BCUT2D eigenvalue weighted by Crippen LogP contribution is -2.12. The van der Waals surface area contributed by atoms with Crippen molar-refractivity contribution in [2.75, 3.05) is 7.11 Å². The molecule has 0 amide bonds. The Labute approximate surface area is 124 Å². The lowest BCUT2D eigenvalue weighted by molar-refractivity contribution is 0.395. The van der Waals surface area contributed by atoms with Crippen LogP contribution in [0.3, 0.4) is 0 Å². The largest absolute Gasteiger partial charge is 0.481 e. The standard InChI is InChI=1S/C15H20ClN3O/c1-3-11(8-10-4-5-10)19-13(9-16)17-12-6-7-14(20-2)18-15(12)19/h6-7,10-11H,3-5,8-9H2,1-2H3. The summed E-state index contributed by atoms with van der Waals surface area (Å²) in [6.07, 6.45) is 4.99. The number of imidazole rings is 1. The molecule has 1 saturated carbocycles. The van der Waals surface area contributed by atoms with Gasteiger partial charge in [-0.15, -0.1) is 11.6 Å². The quantitative estimate of drug-likeness (QED) is 0.758. The molecule has 4 nitrogen and oxygen atoms in total. The Morgan fingerprint density at radius 2 is 2.20 bits per heavy atom. The van der Waals surface area contributed by atoms with Gasteiger partial charge in [0.05, 0.1) is 13.0 Å². The molecule has 2 aromatic heterocycles. The predicted molar refractivity (Wildman–Crippen MR) is 80.3 cm³/mol. The Hall–Kier alpha value is -1.29. The zero-order valence-corrected chi connectivity index (χ0v) is 12.7. The van der Waals surface area contributed by atoms with Gasteiger partial charge in [-0.2, -0.15) is 4.98 Å². The van der Waals surface area contributed by atoms with Gasteiger partial charge in [-0.1, -0.05) is 19.8 Å². The number of pyridine rings is 1. The first kappa shape index (κ1) is 13.7. The fourth-order valence-corrected chi connectivity index (χ4v) is 2.98. The van der Waals surface area contributed by atoms with Crippen LogP contribution in [-0.4, -0.2) is 21.6 Å². The maximum absolute atomic E-state index is 6.09. The minimum absolute atomic E-state index is 0.417. The predicted octanol–water partition coefficient (Wildman–Crippen LogP) is 3.93. The van der Waals surface area contributed by atoms with Gasteiger partial charge in [-0.05, 0) is 24.8 Å². The number of alkyl halides is 1. The van der Waals surface area contributed by atoms with Crippen LogP contribution in [0.25, 0.3) is 11.2 Å². The zero-order valence-electron chi connectivity index (χ0n) is 12.0. The van der Waals surface area contributed by atoms with E-state index in [1.165, 1.54) is 19.3 Å². The zero-order chi connectivity index (χ0) is 14.1. The van der Waals surface area contributed by atoms with Crippen LogP contribution >= 0.6 is 11.6 Å². The summed E-state index contributed by atoms with van der Waals surface area (Å²) >= 11 is 6.09. The number of hydrogen-bond donors (Lipinski definition) is 0. The van der Waals surface area contributed by atoms with Crippen molar-refractivity contribution in [3.8, 4) is 5.88 Å². The van der Waals surface area contributed by atoms with E-state index in [2.05, 4.69) is 21.5 Å². The third-order valence-electron chi connectivity index (χ3n) is 4.05. The molecule has 0 radical (unpaired) electrons. The molecule has 2 heterocycles. The normalized spacial score (nSPS) is 16.6. The summed E-state index contributed by atoms with van der Waals surface area (Å²) < 4.78 is 7.47. The molecule has 5 heteroatoms. The van der Waals surface area contributed by atoms with Crippen LogP contribution in [0.2, 0.25) is 0 Å². The first-order valence-electron chi connectivity index (χ1n) is 7.24. The van der Waals surface area contributed by atoms with Crippen molar-refractivity contribution in [3.63, 3.8) is 0 Å². The van der Waals surface area contributed by atoms with E-state index < -0.39 is 0 Å². The van der Waals surface area contributed by atoms with Gasteiger partial charge in [-0.25, -0.2) is 4.98 Å². The number of fused-ring (bicyclic) bond motifs is 1. The van der Waals surface area contributed by atoms with Crippen LogP contribution in [0.4, 0.5) is 0 Å². The maximum Gasteiger partial charge on any atom is 0.215 e. The van der Waals surface area contributed by atoms with Gasteiger partial charge in [0.15, 0.2) is 5.65 Å². The summed E-state index contributed by atoms with van der Waals surface area (Å²) in [5.74, 6) is 2.82. The van der Waals surface area contributed by atoms with E-state index in [9.17, 15) is 0 Å². The molecule has 1 fully saturated rings. The number of hydrogen-bond acceptors (Lipinski definition) is 3. The van der Waals surface area contributed by atoms with Gasteiger partial charge in [-0.3, -0.25) is 0 Å². The first-order chi connectivity index (χ1) is 9.76. The van der Waals surface area contributed by atoms with Crippen LogP contribution < -0.4 is 4.74 Å². The average molecular weight is 294 g/mol. The topological polar surface area (TPSA) is 39.9 Å². The number of nitrogens with zero attached hydrogens (tertiary/aromatic N) is 3. The smallest absolute Gasteiger partial charge is 0.215 e. The Kier molecular flexibility index (Phi) is 3.83. The average Bonchev–Trinajstić information content (AvgIpc) is 3.23. The summed E-state index contributed by atoms with van der Waals surface area (Å²) in [5, 5.41) is 0. The SMILES string of the molecule is CCC(CC1CC1)n1c(CCl)nc2ccc(OC)nc21. The number of ether oxygens (including phenoxy) is 1. The number of aromatic nitrogens is 3. The second-order valence-corrected chi connectivity index (χ2v) is 5.74. The highest BCUT2D eigenvalue weighted by molar-refractivity contribution is 6.16. The highest BCUT2D eigenvalue weighted by Gasteiger charge is 2.28. The second kappa shape index (κ2) is 5.60. The fourth-order valence-electron chi connectivity index (χ4n) is 2.79. The van der Waals surface area contributed by atoms with Crippen molar-refractivity contribution in [2.45, 2.75) is 44.5 Å². The van der Waals surface area contributed by atoms with Crippen molar-refractivity contribution in [1.29, 1.82) is 0 Å². The molecule has 0 N–H and O–H groups in total. The molecular formula is C15H20ClN3O. The van der Waals surface area contributed by atoms with Crippen molar-refractivity contribution in [2.24, 2.45) is 5.92 Å². The number of halogens is 1. The maximum atomic E-state index is 6.09. The molecule has 108 valence electrons. The van der Waals surface area contributed by atoms with Crippen molar-refractivity contribution >= 4 is 22.8 Å². The molecule has 3 rings (SSSR count). The minimum atomic E-state index is 0.417. The summed E-state index contributed by atoms with van der Waals surface area (Å²) in [6.45, 7) is 2.22. The van der Waals surface area contributed by atoms with E-state index in [4.69, 9.17) is 16.3 Å². The summed E-state index contributed by atoms with van der Waals surface area (Å²) in [7, 11) is 1.64. The van der Waals surface area contributed by atoms with Crippen LogP contribution in [-0.2, 0) is 5.88 Å². The minimum Gasteiger partial charge on any atom is -0.481 e. The molecule has 2 aromatic rings. The van der Waals surface area contributed by atoms with E-state index in [0.29, 0.717) is 17.8 Å². The second-order valence-electron chi connectivity index (χ2n) is 5.47. The van der Waals surface area contributed by atoms with Crippen molar-refractivity contribution in [3.05, 3.63) is 18.0 Å². The molecule has 20 heavy (non-hydrogen) atoms. The van der Waals surface area contributed by atoms with Gasteiger partial charge < -0.3 is 9.30 Å². The highest BCUT2D eigenvalue weighted by Crippen LogP contribution is 2.39. The molecule has 1 aliphatic rings. The molecule has 0 aromatic carbocycles. The third-order valence-corrected chi connectivity index (χ3v) is 4.29. The Morgan fingerprint density at radius 1 is 1.40 bits per heavy atom. The van der Waals surface area contributed by atoms with Gasteiger partial charge in [0.25, 0.3) is 0 Å². The number of methoxy groups -OCH3 is 1. The lowest BCUT2D eigenvalue weighted by atomic mass is 10.1. The molecule has 1 atom stereocenters.